The summed E-state index contributed by atoms with van der Waals surface area (Å²) in [7, 11) is 0. The van der Waals surface area contributed by atoms with Crippen LogP contribution in [0.4, 0.5) is 5.95 Å². The van der Waals surface area contributed by atoms with Crippen molar-refractivity contribution in [2.24, 2.45) is 5.92 Å². The van der Waals surface area contributed by atoms with Crippen molar-refractivity contribution in [3.8, 4) is 27.6 Å². The van der Waals surface area contributed by atoms with Gasteiger partial charge in [0.05, 0.1) is 12.4 Å². The van der Waals surface area contributed by atoms with E-state index in [1.807, 2.05) is 6.07 Å². The summed E-state index contributed by atoms with van der Waals surface area (Å²) < 4.78 is 0.608. The average molecular weight is 417 g/mol. The van der Waals surface area contributed by atoms with Gasteiger partial charge in [0, 0.05) is 36.8 Å². The number of phenols is 1. The molecule has 9 heteroatoms. The molecule has 2 aromatic heterocycles. The fraction of sp³-hybridized carbons (Fsp3) is 0.368. The third-order valence-corrected chi connectivity index (χ3v) is 6.00. The lowest BCUT2D eigenvalue weighted by Gasteiger charge is -2.35. The van der Waals surface area contributed by atoms with Gasteiger partial charge in [-0.15, -0.1) is 21.5 Å². The zero-order chi connectivity index (χ0) is 19.7. The van der Waals surface area contributed by atoms with Gasteiger partial charge in [-0.05, 0) is 18.1 Å². The van der Waals surface area contributed by atoms with E-state index < -0.39 is 0 Å². The number of nitrogens with one attached hydrogen (secondary N) is 1. The number of phenolic OH excluding ortho intramolecular Hbond substituents is 1. The standard InChI is InChI=1S/C19H21ClN6OS/c1-11(2)15-10-26(6-5-21-15)19-23-8-14(24-25-19)13-4-3-12(7-16(13)27)18-22-9-17(20)28-18/h3-4,7-9,11,15,21,27H,5-6,10H2,1-2H3/t15-/m1/s1. The number of anilines is 1. The first-order valence-electron chi connectivity index (χ1n) is 9.14. The second-order valence-corrected chi connectivity index (χ2v) is 8.76. The number of benzene rings is 1. The molecule has 1 aliphatic rings. The van der Waals surface area contributed by atoms with E-state index in [0.717, 1.165) is 30.2 Å². The molecule has 1 fully saturated rings. The molecule has 146 valence electrons. The van der Waals surface area contributed by atoms with Crippen molar-refractivity contribution in [2.75, 3.05) is 24.5 Å². The van der Waals surface area contributed by atoms with Crippen LogP contribution < -0.4 is 10.2 Å². The van der Waals surface area contributed by atoms with Crippen LogP contribution in [-0.4, -0.2) is 50.9 Å². The van der Waals surface area contributed by atoms with Gasteiger partial charge in [-0.1, -0.05) is 31.5 Å². The Bertz CT molecular complexity index is 961. The predicted molar refractivity (Wildman–Crippen MR) is 112 cm³/mol. The van der Waals surface area contributed by atoms with Crippen LogP contribution >= 0.6 is 22.9 Å². The Morgan fingerprint density at radius 3 is 2.75 bits per heavy atom. The number of hydrogen-bond donors (Lipinski definition) is 2. The summed E-state index contributed by atoms with van der Waals surface area (Å²) >= 11 is 7.30. The number of aromatic hydroxyl groups is 1. The molecule has 0 amide bonds. The Balaban J connectivity index is 1.54. The van der Waals surface area contributed by atoms with Gasteiger partial charge >= 0.3 is 0 Å². The van der Waals surface area contributed by atoms with Crippen LogP contribution in [0.25, 0.3) is 21.8 Å². The smallest absolute Gasteiger partial charge is 0.245 e. The highest BCUT2D eigenvalue weighted by molar-refractivity contribution is 7.18. The highest BCUT2D eigenvalue weighted by Gasteiger charge is 2.23. The summed E-state index contributed by atoms with van der Waals surface area (Å²) in [4.78, 5) is 10.9. The van der Waals surface area contributed by atoms with Crippen LogP contribution in [0, 0.1) is 5.92 Å². The summed E-state index contributed by atoms with van der Waals surface area (Å²) in [6.45, 7) is 7.01. The monoisotopic (exact) mass is 416 g/mol. The Labute approximate surface area is 172 Å². The van der Waals surface area contributed by atoms with Crippen molar-refractivity contribution in [3.63, 3.8) is 0 Å². The molecule has 0 radical (unpaired) electrons. The quantitative estimate of drug-likeness (QED) is 0.673. The Morgan fingerprint density at radius 2 is 2.11 bits per heavy atom. The van der Waals surface area contributed by atoms with E-state index >= 15 is 0 Å². The van der Waals surface area contributed by atoms with Crippen molar-refractivity contribution >= 4 is 28.9 Å². The summed E-state index contributed by atoms with van der Waals surface area (Å²) in [5, 5.41) is 23.3. The molecule has 1 atom stereocenters. The molecule has 0 spiro atoms. The highest BCUT2D eigenvalue weighted by atomic mass is 35.5. The molecule has 3 aromatic rings. The molecule has 3 heterocycles. The molecule has 1 aliphatic heterocycles. The number of nitrogens with zero attached hydrogens (tertiary/aromatic N) is 5. The number of aromatic nitrogens is 4. The zero-order valence-corrected chi connectivity index (χ0v) is 17.2. The Kier molecular flexibility index (Phi) is 5.43. The van der Waals surface area contributed by atoms with E-state index in [4.69, 9.17) is 11.6 Å². The van der Waals surface area contributed by atoms with E-state index in [1.54, 1.807) is 24.5 Å². The third-order valence-electron chi connectivity index (χ3n) is 4.84. The predicted octanol–water partition coefficient (Wildman–Crippen LogP) is 3.46. The molecule has 4 rings (SSSR count). The maximum Gasteiger partial charge on any atom is 0.245 e. The second-order valence-electron chi connectivity index (χ2n) is 7.10. The molecule has 7 nitrogen and oxygen atoms in total. The van der Waals surface area contributed by atoms with Gasteiger partial charge in [-0.2, -0.15) is 0 Å². The Hall–Kier alpha value is -2.29. The van der Waals surface area contributed by atoms with E-state index in [2.05, 4.69) is 44.2 Å². The van der Waals surface area contributed by atoms with Gasteiger partial charge in [0.15, 0.2) is 0 Å². The number of piperazine rings is 1. The van der Waals surface area contributed by atoms with Crippen LogP contribution in [0.5, 0.6) is 5.75 Å². The lowest BCUT2D eigenvalue weighted by molar-refractivity contribution is 0.365. The molecule has 0 aliphatic carbocycles. The van der Waals surface area contributed by atoms with Crippen LogP contribution in [0.3, 0.4) is 0 Å². The van der Waals surface area contributed by atoms with Gasteiger partial charge in [0.1, 0.15) is 20.8 Å². The fourth-order valence-electron chi connectivity index (χ4n) is 3.21. The fourth-order valence-corrected chi connectivity index (χ4v) is 4.12. The third kappa shape index (κ3) is 3.94. The van der Waals surface area contributed by atoms with E-state index in [0.29, 0.717) is 33.5 Å². The number of halogens is 1. The SMILES string of the molecule is CC(C)[C@H]1CN(c2ncc(-c3ccc(-c4ncc(Cl)s4)cc3O)nn2)CCN1. The number of hydrogen-bond acceptors (Lipinski definition) is 8. The maximum atomic E-state index is 10.5. The minimum absolute atomic E-state index is 0.106. The van der Waals surface area contributed by atoms with Crippen molar-refractivity contribution in [3.05, 3.63) is 34.9 Å². The summed E-state index contributed by atoms with van der Waals surface area (Å²) in [6.07, 6.45) is 3.25. The highest BCUT2D eigenvalue weighted by Crippen LogP contribution is 2.34. The number of thiazole rings is 1. The van der Waals surface area contributed by atoms with Crippen molar-refractivity contribution in [2.45, 2.75) is 19.9 Å². The first-order valence-corrected chi connectivity index (χ1v) is 10.3. The minimum atomic E-state index is 0.106. The maximum absolute atomic E-state index is 10.5. The molecule has 2 N–H and O–H groups in total. The second kappa shape index (κ2) is 7.98. The van der Waals surface area contributed by atoms with Crippen LogP contribution in [-0.2, 0) is 0 Å². The van der Waals surface area contributed by atoms with Crippen molar-refractivity contribution < 1.29 is 5.11 Å². The normalized spacial score (nSPS) is 17.3. The molecule has 0 unspecified atom stereocenters. The first-order chi connectivity index (χ1) is 13.5. The van der Waals surface area contributed by atoms with Gasteiger partial charge in [-0.3, -0.25) is 0 Å². The molecule has 1 saturated heterocycles. The van der Waals surface area contributed by atoms with E-state index in [9.17, 15) is 5.11 Å². The van der Waals surface area contributed by atoms with Gasteiger partial charge in [-0.25, -0.2) is 9.97 Å². The molecule has 28 heavy (non-hydrogen) atoms. The molecule has 1 aromatic carbocycles. The summed E-state index contributed by atoms with van der Waals surface area (Å²) in [5.41, 5.74) is 1.91. The van der Waals surface area contributed by atoms with Crippen LogP contribution in [0.2, 0.25) is 4.34 Å². The number of rotatable bonds is 4. The van der Waals surface area contributed by atoms with Gasteiger partial charge < -0.3 is 15.3 Å². The van der Waals surface area contributed by atoms with Gasteiger partial charge in [0.2, 0.25) is 5.95 Å². The lowest BCUT2D eigenvalue weighted by Crippen LogP contribution is -2.53. The minimum Gasteiger partial charge on any atom is -0.507 e. The molecule has 0 saturated carbocycles. The summed E-state index contributed by atoms with van der Waals surface area (Å²) in [5.74, 6) is 1.26. The zero-order valence-electron chi connectivity index (χ0n) is 15.6. The lowest BCUT2D eigenvalue weighted by atomic mass is 10.0. The average Bonchev–Trinajstić information content (AvgIpc) is 3.14. The van der Waals surface area contributed by atoms with E-state index in [-0.39, 0.29) is 5.75 Å². The topological polar surface area (TPSA) is 87.1 Å². The molecule has 0 bridgehead atoms. The Morgan fingerprint density at radius 1 is 1.25 bits per heavy atom. The van der Waals surface area contributed by atoms with Crippen molar-refractivity contribution in [1.82, 2.24) is 25.5 Å². The molecular formula is C19H21ClN6OS. The summed E-state index contributed by atoms with van der Waals surface area (Å²) in [6, 6.07) is 5.74. The van der Waals surface area contributed by atoms with Crippen LogP contribution in [0.15, 0.2) is 30.6 Å². The largest absolute Gasteiger partial charge is 0.507 e. The van der Waals surface area contributed by atoms with E-state index in [1.165, 1.54) is 11.3 Å². The molecular weight excluding hydrogens is 396 g/mol. The van der Waals surface area contributed by atoms with Crippen molar-refractivity contribution in [1.29, 1.82) is 0 Å². The van der Waals surface area contributed by atoms with Crippen LogP contribution in [0.1, 0.15) is 13.8 Å². The first kappa shape index (κ1) is 19.0. The van der Waals surface area contributed by atoms with Gasteiger partial charge in [0.25, 0.3) is 0 Å².